The van der Waals surface area contributed by atoms with E-state index < -0.39 is 0 Å². The van der Waals surface area contributed by atoms with Gasteiger partial charge in [0.25, 0.3) is 0 Å². The maximum Gasteiger partial charge on any atom is 0.145 e. The van der Waals surface area contributed by atoms with E-state index in [2.05, 4.69) is 67.4 Å². The smallest absolute Gasteiger partial charge is 0.145 e. The highest BCUT2D eigenvalue weighted by Gasteiger charge is 2.20. The van der Waals surface area contributed by atoms with E-state index in [1.54, 1.807) is 0 Å². The summed E-state index contributed by atoms with van der Waals surface area (Å²) in [6.07, 6.45) is 0. The molecule has 5 nitrogen and oxygen atoms in total. The molecule has 0 amide bonds. The van der Waals surface area contributed by atoms with E-state index in [-0.39, 0.29) is 5.41 Å². The van der Waals surface area contributed by atoms with E-state index in [4.69, 9.17) is 5.84 Å². The topological polar surface area (TPSA) is 67.1 Å². The highest BCUT2D eigenvalue weighted by Crippen LogP contribution is 2.27. The number of hydrogen-bond donors (Lipinski definition) is 2. The Kier molecular flexibility index (Phi) is 4.14. The monoisotopic (exact) mass is 285 g/mol. The van der Waals surface area contributed by atoms with E-state index in [0.717, 1.165) is 17.3 Å². The summed E-state index contributed by atoms with van der Waals surface area (Å²) in [6, 6.07) is 10.2. The minimum atomic E-state index is -0.143. The molecule has 0 saturated carbocycles. The van der Waals surface area contributed by atoms with Crippen LogP contribution in [0.15, 0.2) is 30.3 Å². The van der Waals surface area contributed by atoms with Crippen LogP contribution in [0.2, 0.25) is 0 Å². The Balaban J connectivity index is 2.45. The molecule has 5 heteroatoms. The van der Waals surface area contributed by atoms with E-state index in [9.17, 15) is 0 Å². The molecular weight excluding hydrogens is 262 g/mol. The predicted molar refractivity (Wildman–Crippen MR) is 87.8 cm³/mol. The molecule has 0 saturated heterocycles. The van der Waals surface area contributed by atoms with Crippen LogP contribution in [-0.2, 0) is 5.41 Å². The maximum atomic E-state index is 5.53. The van der Waals surface area contributed by atoms with E-state index >= 15 is 0 Å². The first kappa shape index (κ1) is 15.3. The first-order valence-corrected chi connectivity index (χ1v) is 6.98. The number of benzene rings is 1. The molecule has 1 aromatic carbocycles. The van der Waals surface area contributed by atoms with Gasteiger partial charge >= 0.3 is 0 Å². The van der Waals surface area contributed by atoms with Crippen molar-refractivity contribution in [2.24, 2.45) is 5.84 Å². The lowest BCUT2D eigenvalue weighted by Crippen LogP contribution is -2.21. The molecular formula is C16H23N5. The third kappa shape index (κ3) is 3.49. The molecule has 0 spiro atoms. The first-order valence-electron chi connectivity index (χ1n) is 6.98. The zero-order chi connectivity index (χ0) is 15.6. The van der Waals surface area contributed by atoms with Gasteiger partial charge in [-0.15, -0.1) is 0 Å². The van der Waals surface area contributed by atoms with Crippen molar-refractivity contribution >= 4 is 17.3 Å². The van der Waals surface area contributed by atoms with Gasteiger partial charge in [0.15, 0.2) is 0 Å². The van der Waals surface area contributed by atoms with Crippen molar-refractivity contribution in [1.29, 1.82) is 0 Å². The van der Waals surface area contributed by atoms with Crippen LogP contribution >= 0.6 is 0 Å². The summed E-state index contributed by atoms with van der Waals surface area (Å²) in [7, 11) is 1.99. The number of nitrogens with zero attached hydrogens (tertiary/aromatic N) is 3. The Hall–Kier alpha value is -2.14. The second-order valence-electron chi connectivity index (χ2n) is 6.22. The number of aromatic nitrogens is 2. The maximum absolute atomic E-state index is 5.53. The molecule has 0 atom stereocenters. The Morgan fingerprint density at radius 3 is 2.24 bits per heavy atom. The first-order chi connectivity index (χ1) is 9.81. The van der Waals surface area contributed by atoms with Gasteiger partial charge in [0.2, 0.25) is 0 Å². The van der Waals surface area contributed by atoms with Crippen molar-refractivity contribution in [2.45, 2.75) is 33.1 Å². The van der Waals surface area contributed by atoms with Crippen LogP contribution < -0.4 is 16.2 Å². The van der Waals surface area contributed by atoms with Crippen molar-refractivity contribution in [3.05, 3.63) is 41.7 Å². The van der Waals surface area contributed by atoms with Gasteiger partial charge in [-0.3, -0.25) is 0 Å². The van der Waals surface area contributed by atoms with Crippen molar-refractivity contribution in [2.75, 3.05) is 17.4 Å². The number of nitrogen functional groups attached to an aromatic ring is 1. The van der Waals surface area contributed by atoms with Crippen LogP contribution in [0, 0.1) is 6.92 Å². The highest BCUT2D eigenvalue weighted by molar-refractivity contribution is 5.62. The fraction of sp³-hybridized carbons (Fsp3) is 0.375. The number of anilines is 3. The largest absolute Gasteiger partial charge is 0.329 e. The molecule has 112 valence electrons. The van der Waals surface area contributed by atoms with Gasteiger partial charge in [-0.1, -0.05) is 38.5 Å². The fourth-order valence-corrected chi connectivity index (χ4v) is 1.92. The summed E-state index contributed by atoms with van der Waals surface area (Å²) in [5.74, 6) is 7.71. The van der Waals surface area contributed by atoms with E-state index in [1.807, 2.05) is 18.0 Å². The lowest BCUT2D eigenvalue weighted by Gasteiger charge is -2.23. The van der Waals surface area contributed by atoms with Gasteiger partial charge in [-0.25, -0.2) is 15.8 Å². The van der Waals surface area contributed by atoms with E-state index in [1.165, 1.54) is 5.56 Å². The van der Waals surface area contributed by atoms with Gasteiger partial charge < -0.3 is 10.3 Å². The fourth-order valence-electron chi connectivity index (χ4n) is 1.92. The third-order valence-corrected chi connectivity index (χ3v) is 3.30. The lowest BCUT2D eigenvalue weighted by molar-refractivity contribution is 0.546. The van der Waals surface area contributed by atoms with Gasteiger partial charge in [-0.05, 0) is 19.1 Å². The molecule has 0 aliphatic carbocycles. The summed E-state index contributed by atoms with van der Waals surface area (Å²) >= 11 is 0. The molecule has 3 N–H and O–H groups in total. The minimum Gasteiger partial charge on any atom is -0.329 e. The summed E-state index contributed by atoms with van der Waals surface area (Å²) < 4.78 is 0. The zero-order valence-corrected chi connectivity index (χ0v) is 13.3. The molecule has 0 bridgehead atoms. The molecule has 1 aromatic heterocycles. The standard InChI is InChI=1S/C16H23N5/c1-11-6-8-12(9-7-11)21(5)14-10-13(20-17)18-15(19-14)16(2,3)4/h6-10H,17H2,1-5H3,(H,18,19,20). The average molecular weight is 285 g/mol. The third-order valence-electron chi connectivity index (χ3n) is 3.30. The summed E-state index contributed by atoms with van der Waals surface area (Å²) in [5.41, 5.74) is 4.78. The summed E-state index contributed by atoms with van der Waals surface area (Å²) in [6.45, 7) is 8.32. The quantitative estimate of drug-likeness (QED) is 0.670. The Morgan fingerprint density at radius 1 is 1.10 bits per heavy atom. The molecule has 0 fully saturated rings. The van der Waals surface area contributed by atoms with Gasteiger partial charge in [0.05, 0.1) is 0 Å². The average Bonchev–Trinajstić information content (AvgIpc) is 2.46. The van der Waals surface area contributed by atoms with Crippen molar-refractivity contribution in [3.63, 3.8) is 0 Å². The van der Waals surface area contributed by atoms with Crippen LogP contribution in [0.25, 0.3) is 0 Å². The summed E-state index contributed by atoms with van der Waals surface area (Å²) in [5, 5.41) is 0. The number of hydrazine groups is 1. The molecule has 21 heavy (non-hydrogen) atoms. The summed E-state index contributed by atoms with van der Waals surface area (Å²) in [4.78, 5) is 11.1. The van der Waals surface area contributed by atoms with Gasteiger partial charge in [0, 0.05) is 24.2 Å². The van der Waals surface area contributed by atoms with Crippen LogP contribution in [0.1, 0.15) is 32.2 Å². The zero-order valence-electron chi connectivity index (χ0n) is 13.3. The number of rotatable bonds is 3. The number of nitrogens with two attached hydrogens (primary N) is 1. The number of aryl methyl sites for hydroxylation is 1. The second kappa shape index (κ2) is 5.69. The number of nitrogens with one attached hydrogen (secondary N) is 1. The normalized spacial score (nSPS) is 11.3. The molecule has 0 aliphatic rings. The Morgan fingerprint density at radius 2 is 1.71 bits per heavy atom. The van der Waals surface area contributed by atoms with Crippen LogP contribution in [-0.4, -0.2) is 17.0 Å². The predicted octanol–water partition coefficient (Wildman–Crippen LogP) is 3.14. The van der Waals surface area contributed by atoms with E-state index in [0.29, 0.717) is 5.82 Å². The Bertz CT molecular complexity index is 614. The molecule has 2 rings (SSSR count). The van der Waals surface area contributed by atoms with Gasteiger partial charge in [-0.2, -0.15) is 0 Å². The van der Waals surface area contributed by atoms with Gasteiger partial charge in [0.1, 0.15) is 17.5 Å². The highest BCUT2D eigenvalue weighted by atomic mass is 15.3. The molecule has 0 radical (unpaired) electrons. The molecule has 2 aromatic rings. The molecule has 1 heterocycles. The van der Waals surface area contributed by atoms with Crippen molar-refractivity contribution < 1.29 is 0 Å². The van der Waals surface area contributed by atoms with Crippen molar-refractivity contribution in [3.8, 4) is 0 Å². The second-order valence-corrected chi connectivity index (χ2v) is 6.22. The van der Waals surface area contributed by atoms with Crippen LogP contribution in [0.4, 0.5) is 17.3 Å². The number of hydrogen-bond acceptors (Lipinski definition) is 5. The van der Waals surface area contributed by atoms with Crippen LogP contribution in [0.5, 0.6) is 0 Å². The van der Waals surface area contributed by atoms with Crippen LogP contribution in [0.3, 0.4) is 0 Å². The molecule has 0 unspecified atom stereocenters. The Labute approximate surface area is 126 Å². The SMILES string of the molecule is Cc1ccc(N(C)c2cc(NN)nc(C(C)(C)C)n2)cc1. The van der Waals surface area contributed by atoms with Crippen molar-refractivity contribution in [1.82, 2.24) is 9.97 Å². The minimum absolute atomic E-state index is 0.143. The molecule has 0 aliphatic heterocycles. The lowest BCUT2D eigenvalue weighted by atomic mass is 9.96.